The predicted molar refractivity (Wildman–Crippen MR) is 110 cm³/mol. The van der Waals surface area contributed by atoms with Gasteiger partial charge in [-0.2, -0.15) is 4.31 Å². The monoisotopic (exact) mass is 481 g/mol. The first kappa shape index (κ1) is 24.6. The summed E-state index contributed by atoms with van der Waals surface area (Å²) in [5, 5.41) is 0. The number of nitrogens with zero attached hydrogens (tertiary/aromatic N) is 2. The van der Waals surface area contributed by atoms with Gasteiger partial charge in [-0.15, -0.1) is 12.4 Å². The van der Waals surface area contributed by atoms with E-state index in [0.717, 1.165) is 12.1 Å². The SMILES string of the molecule is Cl.O=S(=O)(NCCN1CCN(S(=O)(=O)c2ccccc2F)CC1)c1ccccc1F. The van der Waals surface area contributed by atoms with Crippen molar-refractivity contribution in [2.45, 2.75) is 9.79 Å². The minimum atomic E-state index is -3.97. The van der Waals surface area contributed by atoms with Crippen molar-refractivity contribution in [3.8, 4) is 0 Å². The maximum atomic E-state index is 13.9. The molecule has 0 radical (unpaired) electrons. The minimum absolute atomic E-state index is 0. The second-order valence-electron chi connectivity index (χ2n) is 6.50. The van der Waals surface area contributed by atoms with Crippen LogP contribution in [-0.4, -0.2) is 65.3 Å². The second-order valence-corrected chi connectivity index (χ2v) is 10.1. The maximum Gasteiger partial charge on any atom is 0.246 e. The van der Waals surface area contributed by atoms with Crippen LogP contribution in [0, 0.1) is 11.6 Å². The number of sulfonamides is 2. The van der Waals surface area contributed by atoms with Crippen LogP contribution < -0.4 is 4.72 Å². The lowest BCUT2D eigenvalue weighted by Gasteiger charge is -2.34. The van der Waals surface area contributed by atoms with E-state index < -0.39 is 36.6 Å². The molecule has 0 bridgehead atoms. The van der Waals surface area contributed by atoms with Crippen LogP contribution in [0.15, 0.2) is 58.3 Å². The van der Waals surface area contributed by atoms with Crippen LogP contribution in [0.4, 0.5) is 8.78 Å². The highest BCUT2D eigenvalue weighted by atomic mass is 35.5. The number of benzene rings is 2. The summed E-state index contributed by atoms with van der Waals surface area (Å²) in [6.45, 7) is 1.45. The minimum Gasteiger partial charge on any atom is -0.299 e. The maximum absolute atomic E-state index is 13.9. The van der Waals surface area contributed by atoms with Gasteiger partial charge in [-0.25, -0.2) is 30.3 Å². The fourth-order valence-electron chi connectivity index (χ4n) is 3.07. The zero-order valence-corrected chi connectivity index (χ0v) is 18.3. The Kier molecular flexibility index (Phi) is 8.31. The summed E-state index contributed by atoms with van der Waals surface area (Å²) in [6, 6.07) is 10.3. The van der Waals surface area contributed by atoms with E-state index in [9.17, 15) is 25.6 Å². The molecule has 1 fully saturated rings. The molecule has 12 heteroatoms. The first-order valence-electron chi connectivity index (χ1n) is 8.93. The van der Waals surface area contributed by atoms with Crippen LogP contribution in [0.2, 0.25) is 0 Å². The second kappa shape index (κ2) is 10.1. The smallest absolute Gasteiger partial charge is 0.246 e. The van der Waals surface area contributed by atoms with Crippen molar-refractivity contribution in [2.24, 2.45) is 0 Å². The lowest BCUT2D eigenvalue weighted by Crippen LogP contribution is -2.50. The van der Waals surface area contributed by atoms with Crippen LogP contribution in [0.1, 0.15) is 0 Å². The average Bonchev–Trinajstić information content (AvgIpc) is 2.68. The Labute approximate surface area is 181 Å². The van der Waals surface area contributed by atoms with Gasteiger partial charge in [0.15, 0.2) is 0 Å². The number of hydrogen-bond acceptors (Lipinski definition) is 5. The number of halogens is 3. The van der Waals surface area contributed by atoms with Gasteiger partial charge in [0.2, 0.25) is 20.0 Å². The lowest BCUT2D eigenvalue weighted by atomic mass is 10.3. The van der Waals surface area contributed by atoms with Gasteiger partial charge in [-0.05, 0) is 24.3 Å². The zero-order chi connectivity index (χ0) is 21.1. The van der Waals surface area contributed by atoms with Gasteiger partial charge in [0, 0.05) is 39.3 Å². The Hall–Kier alpha value is -1.63. The normalized spacial score (nSPS) is 16.2. The quantitative estimate of drug-likeness (QED) is 0.650. The molecule has 0 spiro atoms. The number of piperazine rings is 1. The summed E-state index contributed by atoms with van der Waals surface area (Å²) >= 11 is 0. The highest BCUT2D eigenvalue weighted by Crippen LogP contribution is 2.20. The zero-order valence-electron chi connectivity index (χ0n) is 15.9. The van der Waals surface area contributed by atoms with Crippen LogP contribution in [-0.2, 0) is 20.0 Å². The summed E-state index contributed by atoms with van der Waals surface area (Å²) in [5.74, 6) is -1.62. The van der Waals surface area contributed by atoms with Gasteiger partial charge < -0.3 is 0 Å². The van der Waals surface area contributed by atoms with Crippen molar-refractivity contribution in [1.29, 1.82) is 0 Å². The molecule has 30 heavy (non-hydrogen) atoms. The van der Waals surface area contributed by atoms with Crippen LogP contribution in [0.5, 0.6) is 0 Å². The number of nitrogens with one attached hydrogen (secondary N) is 1. The molecule has 0 aliphatic carbocycles. The first-order chi connectivity index (χ1) is 13.7. The molecular weight excluding hydrogens is 460 g/mol. The first-order valence-corrected chi connectivity index (χ1v) is 11.9. The van der Waals surface area contributed by atoms with Gasteiger partial charge in [0.1, 0.15) is 21.4 Å². The van der Waals surface area contributed by atoms with E-state index in [-0.39, 0.29) is 36.9 Å². The van der Waals surface area contributed by atoms with E-state index >= 15 is 0 Å². The van der Waals surface area contributed by atoms with Crippen LogP contribution in [0.25, 0.3) is 0 Å². The Morgan fingerprint density at radius 2 is 1.30 bits per heavy atom. The molecule has 0 atom stereocenters. The summed E-state index contributed by atoms with van der Waals surface area (Å²) in [6.07, 6.45) is 0. The number of rotatable bonds is 7. The van der Waals surface area contributed by atoms with E-state index in [1.165, 1.54) is 40.7 Å². The molecule has 1 N–H and O–H groups in total. The molecule has 7 nitrogen and oxygen atoms in total. The molecule has 1 aliphatic rings. The van der Waals surface area contributed by atoms with E-state index in [1.54, 1.807) is 0 Å². The molecule has 2 aromatic carbocycles. The molecule has 1 saturated heterocycles. The van der Waals surface area contributed by atoms with Crippen molar-refractivity contribution < 1.29 is 25.6 Å². The average molecular weight is 482 g/mol. The van der Waals surface area contributed by atoms with Gasteiger partial charge in [0.05, 0.1) is 0 Å². The lowest BCUT2D eigenvalue weighted by molar-refractivity contribution is 0.191. The van der Waals surface area contributed by atoms with Gasteiger partial charge in [0.25, 0.3) is 0 Å². The topological polar surface area (TPSA) is 86.8 Å². The molecule has 0 aromatic heterocycles. The van der Waals surface area contributed by atoms with Gasteiger partial charge in [-0.3, -0.25) is 4.90 Å². The third-order valence-corrected chi connectivity index (χ3v) is 8.06. The molecule has 0 saturated carbocycles. The van der Waals surface area contributed by atoms with Crippen LogP contribution in [0.3, 0.4) is 0 Å². The predicted octanol–water partition coefficient (Wildman–Crippen LogP) is 1.67. The Morgan fingerprint density at radius 3 is 1.83 bits per heavy atom. The highest BCUT2D eigenvalue weighted by Gasteiger charge is 2.30. The molecule has 1 heterocycles. The summed E-state index contributed by atoms with van der Waals surface area (Å²) in [4.78, 5) is 1.11. The van der Waals surface area contributed by atoms with E-state index in [4.69, 9.17) is 0 Å². The molecule has 166 valence electrons. The van der Waals surface area contributed by atoms with Crippen molar-refractivity contribution >= 4 is 32.5 Å². The molecule has 3 rings (SSSR count). The summed E-state index contributed by atoms with van der Waals surface area (Å²) in [7, 11) is -7.89. The van der Waals surface area contributed by atoms with Gasteiger partial charge >= 0.3 is 0 Å². The Balaban J connectivity index is 0.00000320. The standard InChI is InChI=1S/C18H21F2N3O4S2.ClH/c19-15-5-1-3-7-17(15)28(24,25)21-9-10-22-11-13-23(14-12-22)29(26,27)18-8-4-2-6-16(18)20;/h1-8,21H,9-14H2;1H. The van der Waals surface area contributed by atoms with Crippen molar-refractivity contribution in [1.82, 2.24) is 13.9 Å². The van der Waals surface area contributed by atoms with Crippen LogP contribution >= 0.6 is 12.4 Å². The molecule has 1 aliphatic heterocycles. The van der Waals surface area contributed by atoms with Crippen molar-refractivity contribution in [3.63, 3.8) is 0 Å². The largest absolute Gasteiger partial charge is 0.299 e. The van der Waals surface area contributed by atoms with Gasteiger partial charge in [-0.1, -0.05) is 24.3 Å². The van der Waals surface area contributed by atoms with E-state index in [1.807, 2.05) is 4.90 Å². The van der Waals surface area contributed by atoms with Crippen molar-refractivity contribution in [3.05, 3.63) is 60.2 Å². The summed E-state index contributed by atoms with van der Waals surface area (Å²) in [5.41, 5.74) is 0. The third-order valence-electron chi connectivity index (χ3n) is 4.63. The number of hydrogen-bond donors (Lipinski definition) is 1. The Morgan fingerprint density at radius 1 is 0.800 bits per heavy atom. The highest BCUT2D eigenvalue weighted by molar-refractivity contribution is 7.89. The summed E-state index contributed by atoms with van der Waals surface area (Å²) < 4.78 is 80.6. The molecule has 0 unspecified atom stereocenters. The molecule has 2 aromatic rings. The van der Waals surface area contributed by atoms with Crippen molar-refractivity contribution in [2.75, 3.05) is 39.3 Å². The fourth-order valence-corrected chi connectivity index (χ4v) is 5.65. The fraction of sp³-hybridized carbons (Fsp3) is 0.333. The third kappa shape index (κ3) is 5.54. The molecule has 0 amide bonds. The van der Waals surface area contributed by atoms with E-state index in [0.29, 0.717) is 19.6 Å². The molecular formula is C18H22ClF2N3O4S2. The van der Waals surface area contributed by atoms with E-state index in [2.05, 4.69) is 4.72 Å². The Bertz CT molecular complexity index is 1070.